The first kappa shape index (κ1) is 12.9. The fourth-order valence-electron chi connectivity index (χ4n) is 2.00. The van der Waals surface area contributed by atoms with Gasteiger partial charge in [0.15, 0.2) is 0 Å². The predicted octanol–water partition coefficient (Wildman–Crippen LogP) is -1.41. The predicted molar refractivity (Wildman–Crippen MR) is 63.3 cm³/mol. The Labute approximate surface area is 92.6 Å². The summed E-state index contributed by atoms with van der Waals surface area (Å²) in [4.78, 5) is 4.72. The summed E-state index contributed by atoms with van der Waals surface area (Å²) in [6, 6.07) is 0. The highest BCUT2D eigenvalue weighted by atomic mass is 15.3. The second kappa shape index (κ2) is 7.14. The summed E-state index contributed by atoms with van der Waals surface area (Å²) in [7, 11) is 0. The molecule has 1 aliphatic rings. The van der Waals surface area contributed by atoms with E-state index in [-0.39, 0.29) is 6.17 Å². The van der Waals surface area contributed by atoms with Crippen molar-refractivity contribution in [3.8, 4) is 0 Å². The lowest BCUT2D eigenvalue weighted by Crippen LogP contribution is -2.57. The van der Waals surface area contributed by atoms with Gasteiger partial charge in [-0.25, -0.2) is 0 Å². The minimum Gasteiger partial charge on any atom is -0.330 e. The van der Waals surface area contributed by atoms with E-state index in [0.717, 1.165) is 58.7 Å². The molecule has 5 heteroatoms. The molecule has 1 atom stereocenters. The molecule has 0 aromatic rings. The summed E-state index contributed by atoms with van der Waals surface area (Å²) < 4.78 is 0. The summed E-state index contributed by atoms with van der Waals surface area (Å²) in [6.07, 6.45) is 2.27. The van der Waals surface area contributed by atoms with E-state index in [1.807, 2.05) is 0 Å². The van der Waals surface area contributed by atoms with Gasteiger partial charge in [0, 0.05) is 26.2 Å². The molecule has 0 aromatic carbocycles. The molecule has 0 saturated carbocycles. The summed E-state index contributed by atoms with van der Waals surface area (Å²) in [5.74, 6) is 0. The molecule has 0 radical (unpaired) electrons. The van der Waals surface area contributed by atoms with E-state index >= 15 is 0 Å². The van der Waals surface area contributed by atoms with E-state index in [2.05, 4.69) is 9.80 Å². The van der Waals surface area contributed by atoms with Gasteiger partial charge in [0.2, 0.25) is 0 Å². The van der Waals surface area contributed by atoms with E-state index in [0.29, 0.717) is 0 Å². The SMILES string of the molecule is NCCCN1CCN(CCCN)C(N)C1. The number of hydrogen-bond acceptors (Lipinski definition) is 5. The zero-order valence-electron chi connectivity index (χ0n) is 9.57. The third kappa shape index (κ3) is 4.44. The van der Waals surface area contributed by atoms with Gasteiger partial charge in [0.1, 0.15) is 0 Å². The van der Waals surface area contributed by atoms with Gasteiger partial charge in [-0.2, -0.15) is 0 Å². The second-order valence-corrected chi connectivity index (χ2v) is 4.19. The van der Waals surface area contributed by atoms with Crippen molar-refractivity contribution < 1.29 is 0 Å². The van der Waals surface area contributed by atoms with Crippen LogP contribution in [0.3, 0.4) is 0 Å². The quantitative estimate of drug-likeness (QED) is 0.507. The molecule has 0 bridgehead atoms. The monoisotopic (exact) mass is 215 g/mol. The Bertz CT molecular complexity index is 164. The Morgan fingerprint density at radius 1 is 1.00 bits per heavy atom. The maximum absolute atomic E-state index is 6.09. The van der Waals surface area contributed by atoms with Crippen molar-refractivity contribution in [1.82, 2.24) is 9.80 Å². The molecular formula is C10H25N5. The highest BCUT2D eigenvalue weighted by molar-refractivity contribution is 4.78. The zero-order chi connectivity index (χ0) is 11.1. The van der Waals surface area contributed by atoms with Crippen LogP contribution in [0, 0.1) is 0 Å². The van der Waals surface area contributed by atoms with Crippen LogP contribution >= 0.6 is 0 Å². The molecule has 6 N–H and O–H groups in total. The average molecular weight is 215 g/mol. The van der Waals surface area contributed by atoms with E-state index < -0.39 is 0 Å². The summed E-state index contributed by atoms with van der Waals surface area (Å²) in [5.41, 5.74) is 17.1. The molecule has 1 unspecified atom stereocenters. The van der Waals surface area contributed by atoms with Gasteiger partial charge >= 0.3 is 0 Å². The molecule has 1 heterocycles. The van der Waals surface area contributed by atoms with Crippen LogP contribution in [0.2, 0.25) is 0 Å². The van der Waals surface area contributed by atoms with Gasteiger partial charge in [-0.15, -0.1) is 0 Å². The first-order chi connectivity index (χ1) is 7.27. The molecule has 0 spiro atoms. The normalized spacial score (nSPS) is 24.6. The van der Waals surface area contributed by atoms with Crippen molar-refractivity contribution in [3.05, 3.63) is 0 Å². The van der Waals surface area contributed by atoms with Crippen LogP contribution in [-0.2, 0) is 0 Å². The molecule has 15 heavy (non-hydrogen) atoms. The highest BCUT2D eigenvalue weighted by Gasteiger charge is 2.22. The standard InChI is InChI=1S/C10H25N5/c11-3-1-5-14-7-8-15(6-2-4-12)10(13)9-14/h10H,1-9,11-13H2. The maximum atomic E-state index is 6.09. The van der Waals surface area contributed by atoms with E-state index in [1.165, 1.54) is 0 Å². The molecule has 1 saturated heterocycles. The number of hydrogen-bond donors (Lipinski definition) is 3. The lowest BCUT2D eigenvalue weighted by Gasteiger charge is -2.39. The van der Waals surface area contributed by atoms with Gasteiger partial charge in [0.05, 0.1) is 6.17 Å². The Morgan fingerprint density at radius 2 is 1.67 bits per heavy atom. The lowest BCUT2D eigenvalue weighted by molar-refractivity contribution is 0.0767. The largest absolute Gasteiger partial charge is 0.330 e. The van der Waals surface area contributed by atoms with Gasteiger partial charge in [-0.05, 0) is 32.5 Å². The summed E-state index contributed by atoms with van der Waals surface area (Å²) in [6.45, 7) is 6.76. The molecule has 1 rings (SSSR count). The molecule has 0 amide bonds. The van der Waals surface area contributed by atoms with E-state index in [1.54, 1.807) is 0 Å². The van der Waals surface area contributed by atoms with Gasteiger partial charge in [-0.3, -0.25) is 9.80 Å². The molecule has 0 aromatic heterocycles. The van der Waals surface area contributed by atoms with Gasteiger partial charge < -0.3 is 17.2 Å². The summed E-state index contributed by atoms with van der Waals surface area (Å²) in [5, 5.41) is 0. The minimum absolute atomic E-state index is 0.170. The third-order valence-electron chi connectivity index (χ3n) is 2.95. The summed E-state index contributed by atoms with van der Waals surface area (Å²) >= 11 is 0. The first-order valence-electron chi connectivity index (χ1n) is 5.90. The van der Waals surface area contributed by atoms with Crippen LogP contribution in [0.5, 0.6) is 0 Å². The molecule has 90 valence electrons. The molecular weight excluding hydrogens is 190 g/mol. The molecule has 1 fully saturated rings. The average Bonchev–Trinajstić information content (AvgIpc) is 2.25. The fourth-order valence-corrected chi connectivity index (χ4v) is 2.00. The molecule has 1 aliphatic heterocycles. The lowest BCUT2D eigenvalue weighted by atomic mass is 10.2. The van der Waals surface area contributed by atoms with Crippen LogP contribution in [0.4, 0.5) is 0 Å². The Kier molecular flexibility index (Phi) is 6.12. The van der Waals surface area contributed by atoms with Crippen molar-refractivity contribution in [3.63, 3.8) is 0 Å². The Hall–Kier alpha value is -0.200. The van der Waals surface area contributed by atoms with Crippen LogP contribution in [0.25, 0.3) is 0 Å². The zero-order valence-corrected chi connectivity index (χ0v) is 9.57. The second-order valence-electron chi connectivity index (χ2n) is 4.19. The third-order valence-corrected chi connectivity index (χ3v) is 2.95. The van der Waals surface area contributed by atoms with E-state index in [9.17, 15) is 0 Å². The van der Waals surface area contributed by atoms with Crippen molar-refractivity contribution in [2.24, 2.45) is 17.2 Å². The maximum Gasteiger partial charge on any atom is 0.0703 e. The molecule has 0 aliphatic carbocycles. The van der Waals surface area contributed by atoms with Crippen LogP contribution in [0.1, 0.15) is 12.8 Å². The number of rotatable bonds is 6. The highest BCUT2D eigenvalue weighted by Crippen LogP contribution is 2.06. The Balaban J connectivity index is 2.21. The number of piperazine rings is 1. The first-order valence-corrected chi connectivity index (χ1v) is 5.90. The van der Waals surface area contributed by atoms with Crippen molar-refractivity contribution >= 4 is 0 Å². The fraction of sp³-hybridized carbons (Fsp3) is 1.00. The minimum atomic E-state index is 0.170. The van der Waals surface area contributed by atoms with Crippen molar-refractivity contribution in [2.75, 3.05) is 45.8 Å². The Morgan fingerprint density at radius 3 is 2.27 bits per heavy atom. The van der Waals surface area contributed by atoms with E-state index in [4.69, 9.17) is 17.2 Å². The van der Waals surface area contributed by atoms with Gasteiger partial charge in [-0.1, -0.05) is 0 Å². The topological polar surface area (TPSA) is 84.5 Å². The van der Waals surface area contributed by atoms with Crippen LogP contribution in [-0.4, -0.2) is 61.8 Å². The number of nitrogens with zero attached hydrogens (tertiary/aromatic N) is 2. The smallest absolute Gasteiger partial charge is 0.0703 e. The van der Waals surface area contributed by atoms with Crippen molar-refractivity contribution in [1.29, 1.82) is 0 Å². The molecule has 5 nitrogen and oxygen atoms in total. The number of nitrogens with two attached hydrogens (primary N) is 3. The van der Waals surface area contributed by atoms with Crippen LogP contribution in [0.15, 0.2) is 0 Å². The van der Waals surface area contributed by atoms with Gasteiger partial charge in [0.25, 0.3) is 0 Å². The van der Waals surface area contributed by atoms with Crippen molar-refractivity contribution in [2.45, 2.75) is 19.0 Å². The van der Waals surface area contributed by atoms with Crippen LogP contribution < -0.4 is 17.2 Å².